The number of carbonyl (C=O) groups is 1. The normalized spacial score (nSPS) is 12.0. The third-order valence-electron chi connectivity index (χ3n) is 3.92. The first-order valence-electron chi connectivity index (χ1n) is 7.72. The number of aryl methyl sites for hydroxylation is 1. The average Bonchev–Trinajstić information content (AvgIpc) is 3.08. The van der Waals surface area contributed by atoms with Crippen LogP contribution in [0.25, 0.3) is 11.5 Å². The van der Waals surface area contributed by atoms with Gasteiger partial charge in [-0.25, -0.2) is 4.79 Å². The lowest BCUT2D eigenvalue weighted by Gasteiger charge is -2.12. The van der Waals surface area contributed by atoms with Crippen molar-refractivity contribution in [2.75, 3.05) is 0 Å². The summed E-state index contributed by atoms with van der Waals surface area (Å²) < 4.78 is 11.1. The average molecular weight is 322 g/mol. The molecular weight excluding hydrogens is 304 g/mol. The highest BCUT2D eigenvalue weighted by molar-refractivity contribution is 5.91. The first kappa shape index (κ1) is 15.9. The SMILES string of the molecule is Cc1cccc(C(=O)O[C@@H](C)c2nnc(-c3ccccc3)o2)c1C. The monoisotopic (exact) mass is 322 g/mol. The van der Waals surface area contributed by atoms with Crippen LogP contribution in [-0.4, -0.2) is 16.2 Å². The Kier molecular flexibility index (Phi) is 4.42. The number of carbonyl (C=O) groups excluding carboxylic acids is 1. The van der Waals surface area contributed by atoms with E-state index in [0.29, 0.717) is 11.5 Å². The number of hydrogen-bond donors (Lipinski definition) is 0. The summed E-state index contributed by atoms with van der Waals surface area (Å²) in [4.78, 5) is 12.4. The highest BCUT2D eigenvalue weighted by Crippen LogP contribution is 2.23. The molecule has 0 unspecified atom stereocenters. The van der Waals surface area contributed by atoms with E-state index < -0.39 is 12.1 Å². The first-order valence-corrected chi connectivity index (χ1v) is 7.72. The molecule has 5 heteroatoms. The third-order valence-corrected chi connectivity index (χ3v) is 3.92. The molecular formula is C19H18N2O3. The summed E-state index contributed by atoms with van der Waals surface area (Å²) >= 11 is 0. The maximum Gasteiger partial charge on any atom is 0.339 e. The fraction of sp³-hybridized carbons (Fsp3) is 0.211. The number of nitrogens with zero attached hydrogens (tertiary/aromatic N) is 2. The van der Waals surface area contributed by atoms with E-state index in [1.807, 2.05) is 56.3 Å². The van der Waals surface area contributed by atoms with Crippen molar-refractivity contribution in [1.82, 2.24) is 10.2 Å². The van der Waals surface area contributed by atoms with Crippen molar-refractivity contribution < 1.29 is 13.9 Å². The van der Waals surface area contributed by atoms with Gasteiger partial charge in [-0.1, -0.05) is 30.3 Å². The Bertz CT molecular complexity index is 856. The van der Waals surface area contributed by atoms with E-state index in [1.165, 1.54) is 0 Å². The van der Waals surface area contributed by atoms with Crippen molar-refractivity contribution in [3.05, 3.63) is 71.1 Å². The van der Waals surface area contributed by atoms with E-state index >= 15 is 0 Å². The van der Waals surface area contributed by atoms with Gasteiger partial charge in [-0.15, -0.1) is 10.2 Å². The molecule has 0 fully saturated rings. The predicted octanol–water partition coefficient (Wildman–Crippen LogP) is 4.27. The summed E-state index contributed by atoms with van der Waals surface area (Å²) in [5.41, 5.74) is 3.32. The Labute approximate surface area is 140 Å². The van der Waals surface area contributed by atoms with Gasteiger partial charge in [0.15, 0.2) is 6.10 Å². The minimum absolute atomic E-state index is 0.271. The summed E-state index contributed by atoms with van der Waals surface area (Å²) in [5, 5.41) is 8.00. The zero-order valence-electron chi connectivity index (χ0n) is 13.8. The minimum atomic E-state index is -0.623. The standard InChI is InChI=1S/C19H18N2O3/c1-12-8-7-11-16(13(12)2)19(22)23-14(3)17-20-21-18(24-17)15-9-5-4-6-10-15/h4-11,14H,1-3H3/t14-/m0/s1. The number of rotatable bonds is 4. The molecule has 2 aromatic carbocycles. The van der Waals surface area contributed by atoms with Crippen LogP contribution in [0.3, 0.4) is 0 Å². The molecule has 0 saturated heterocycles. The van der Waals surface area contributed by atoms with Crippen LogP contribution in [0.15, 0.2) is 52.9 Å². The van der Waals surface area contributed by atoms with E-state index in [2.05, 4.69) is 10.2 Å². The number of ether oxygens (including phenoxy) is 1. The van der Waals surface area contributed by atoms with Crippen LogP contribution < -0.4 is 0 Å². The van der Waals surface area contributed by atoms with E-state index in [4.69, 9.17) is 9.15 Å². The van der Waals surface area contributed by atoms with Gasteiger partial charge in [-0.05, 0) is 50.1 Å². The molecule has 0 radical (unpaired) electrons. The number of esters is 1. The molecule has 5 nitrogen and oxygen atoms in total. The molecule has 0 N–H and O–H groups in total. The van der Waals surface area contributed by atoms with Crippen LogP contribution in [0.5, 0.6) is 0 Å². The molecule has 24 heavy (non-hydrogen) atoms. The van der Waals surface area contributed by atoms with Crippen molar-refractivity contribution >= 4 is 5.97 Å². The molecule has 0 amide bonds. The summed E-state index contributed by atoms with van der Waals surface area (Å²) in [6.45, 7) is 5.57. The van der Waals surface area contributed by atoms with Crippen LogP contribution in [0, 0.1) is 13.8 Å². The third kappa shape index (κ3) is 3.20. The fourth-order valence-corrected chi connectivity index (χ4v) is 2.34. The largest absolute Gasteiger partial charge is 0.449 e. The second-order valence-corrected chi connectivity index (χ2v) is 5.61. The molecule has 0 aliphatic carbocycles. The van der Waals surface area contributed by atoms with Gasteiger partial charge < -0.3 is 9.15 Å². The van der Waals surface area contributed by atoms with Gasteiger partial charge in [0.05, 0.1) is 5.56 Å². The lowest BCUT2D eigenvalue weighted by molar-refractivity contribution is 0.0279. The van der Waals surface area contributed by atoms with Gasteiger partial charge in [0.1, 0.15) is 0 Å². The lowest BCUT2D eigenvalue weighted by atomic mass is 10.0. The van der Waals surface area contributed by atoms with E-state index in [0.717, 1.165) is 16.7 Å². The Hall–Kier alpha value is -2.95. The molecule has 0 aliphatic rings. The minimum Gasteiger partial charge on any atom is -0.449 e. The summed E-state index contributed by atoms with van der Waals surface area (Å²) in [5.74, 6) is 0.274. The number of hydrogen-bond acceptors (Lipinski definition) is 5. The van der Waals surface area contributed by atoms with Crippen molar-refractivity contribution in [3.63, 3.8) is 0 Å². The second-order valence-electron chi connectivity index (χ2n) is 5.61. The predicted molar refractivity (Wildman–Crippen MR) is 89.5 cm³/mol. The summed E-state index contributed by atoms with van der Waals surface area (Å²) in [6, 6.07) is 15.0. The molecule has 1 heterocycles. The van der Waals surface area contributed by atoms with Crippen LogP contribution in [-0.2, 0) is 4.74 Å². The molecule has 1 atom stereocenters. The van der Waals surface area contributed by atoms with Gasteiger partial charge in [-0.2, -0.15) is 0 Å². The maximum atomic E-state index is 12.4. The Balaban J connectivity index is 1.76. The Morgan fingerprint density at radius 1 is 1.04 bits per heavy atom. The zero-order valence-corrected chi connectivity index (χ0v) is 13.8. The molecule has 0 spiro atoms. The smallest absolute Gasteiger partial charge is 0.339 e. The van der Waals surface area contributed by atoms with Crippen molar-refractivity contribution in [3.8, 4) is 11.5 Å². The molecule has 0 aliphatic heterocycles. The number of aromatic nitrogens is 2. The molecule has 1 aromatic heterocycles. The lowest BCUT2D eigenvalue weighted by Crippen LogP contribution is -2.11. The highest BCUT2D eigenvalue weighted by Gasteiger charge is 2.21. The van der Waals surface area contributed by atoms with Crippen LogP contribution in [0.1, 0.15) is 40.4 Å². The van der Waals surface area contributed by atoms with Gasteiger partial charge in [-0.3, -0.25) is 0 Å². The number of benzene rings is 2. The first-order chi connectivity index (χ1) is 11.6. The second kappa shape index (κ2) is 6.66. The van der Waals surface area contributed by atoms with Gasteiger partial charge >= 0.3 is 5.97 Å². The van der Waals surface area contributed by atoms with E-state index in [-0.39, 0.29) is 5.89 Å². The molecule has 122 valence electrons. The van der Waals surface area contributed by atoms with Crippen LogP contribution >= 0.6 is 0 Å². The highest BCUT2D eigenvalue weighted by atomic mass is 16.6. The van der Waals surface area contributed by atoms with E-state index in [1.54, 1.807) is 13.0 Å². The molecule has 0 bridgehead atoms. The topological polar surface area (TPSA) is 65.2 Å². The fourth-order valence-electron chi connectivity index (χ4n) is 2.34. The molecule has 3 rings (SSSR count). The van der Waals surface area contributed by atoms with Crippen molar-refractivity contribution in [2.24, 2.45) is 0 Å². The zero-order chi connectivity index (χ0) is 17.1. The van der Waals surface area contributed by atoms with E-state index in [9.17, 15) is 4.79 Å². The van der Waals surface area contributed by atoms with Crippen LogP contribution in [0.4, 0.5) is 0 Å². The van der Waals surface area contributed by atoms with Crippen molar-refractivity contribution in [1.29, 1.82) is 0 Å². The summed E-state index contributed by atoms with van der Waals surface area (Å²) in [7, 11) is 0. The molecule has 0 saturated carbocycles. The quantitative estimate of drug-likeness (QED) is 0.671. The van der Waals surface area contributed by atoms with Crippen LogP contribution in [0.2, 0.25) is 0 Å². The van der Waals surface area contributed by atoms with Gasteiger partial charge in [0.2, 0.25) is 5.89 Å². The molecule has 3 aromatic rings. The van der Waals surface area contributed by atoms with Gasteiger partial charge in [0.25, 0.3) is 5.89 Å². The van der Waals surface area contributed by atoms with Crippen molar-refractivity contribution in [2.45, 2.75) is 26.9 Å². The maximum absolute atomic E-state index is 12.4. The Morgan fingerprint density at radius 3 is 2.54 bits per heavy atom. The summed E-state index contributed by atoms with van der Waals surface area (Å²) in [6.07, 6.45) is -0.623. The van der Waals surface area contributed by atoms with Gasteiger partial charge in [0, 0.05) is 5.56 Å². The Morgan fingerprint density at radius 2 is 1.79 bits per heavy atom.